The Labute approximate surface area is 155 Å². The average molecular weight is 358 g/mol. The van der Waals surface area contributed by atoms with Crippen LogP contribution < -0.4 is 4.90 Å². The second-order valence-corrected chi connectivity index (χ2v) is 6.88. The first-order valence-electron chi connectivity index (χ1n) is 8.11. The van der Waals surface area contributed by atoms with E-state index in [4.69, 9.17) is 5.26 Å². The maximum absolute atomic E-state index is 12.9. The van der Waals surface area contributed by atoms with E-state index in [9.17, 15) is 4.79 Å². The van der Waals surface area contributed by atoms with Crippen LogP contribution in [0.15, 0.2) is 66.1 Å². The van der Waals surface area contributed by atoms with E-state index in [2.05, 4.69) is 16.0 Å². The molecule has 0 unspecified atom stereocenters. The second kappa shape index (κ2) is 6.98. The number of benzene rings is 1. The minimum atomic E-state index is -0.0709. The van der Waals surface area contributed by atoms with Crippen molar-refractivity contribution in [2.75, 3.05) is 17.2 Å². The van der Waals surface area contributed by atoms with Crippen LogP contribution in [0.2, 0.25) is 0 Å². The van der Waals surface area contributed by atoms with Crippen molar-refractivity contribution < 1.29 is 4.79 Å². The van der Waals surface area contributed by atoms with Gasteiger partial charge in [-0.25, -0.2) is 0 Å². The first-order valence-corrected chi connectivity index (χ1v) is 9.10. The minimum absolute atomic E-state index is 0.0709. The molecule has 1 amide bonds. The lowest BCUT2D eigenvalue weighted by atomic mass is 10.0. The summed E-state index contributed by atoms with van der Waals surface area (Å²) in [5, 5.41) is 8.98. The summed E-state index contributed by atoms with van der Waals surface area (Å²) in [6.45, 7) is 0.629. The fourth-order valence-corrected chi connectivity index (χ4v) is 4.04. The van der Waals surface area contributed by atoms with Crippen molar-refractivity contribution in [2.24, 2.45) is 0 Å². The van der Waals surface area contributed by atoms with Gasteiger partial charge in [0.15, 0.2) is 0 Å². The standard InChI is InChI=1S/C20H14N4OS/c21-10-14-3-5-15(6-4-14)17-12-23-13-18-19(17)26-9-8-24(18)20(25)16-2-1-7-22-11-16/h1-7,11-13H,8-9H2. The van der Waals surface area contributed by atoms with Gasteiger partial charge in [-0.2, -0.15) is 5.26 Å². The number of fused-ring (bicyclic) bond motifs is 1. The van der Waals surface area contributed by atoms with E-state index in [0.717, 1.165) is 27.5 Å². The predicted octanol–water partition coefficient (Wildman–Crippen LogP) is 3.77. The van der Waals surface area contributed by atoms with Gasteiger partial charge in [0.05, 0.1) is 29.1 Å². The summed E-state index contributed by atoms with van der Waals surface area (Å²) in [6, 6.07) is 13.1. The number of aromatic nitrogens is 2. The van der Waals surface area contributed by atoms with Crippen LogP contribution in [0.1, 0.15) is 15.9 Å². The Morgan fingerprint density at radius 3 is 2.69 bits per heavy atom. The molecule has 126 valence electrons. The van der Waals surface area contributed by atoms with Crippen molar-refractivity contribution in [3.63, 3.8) is 0 Å². The molecule has 0 aliphatic carbocycles. The van der Waals surface area contributed by atoms with Crippen molar-refractivity contribution in [3.8, 4) is 17.2 Å². The fourth-order valence-electron chi connectivity index (χ4n) is 2.93. The largest absolute Gasteiger partial charge is 0.305 e. The number of pyridine rings is 2. The number of anilines is 1. The summed E-state index contributed by atoms with van der Waals surface area (Å²) < 4.78 is 0. The number of carbonyl (C=O) groups is 1. The average Bonchev–Trinajstić information content (AvgIpc) is 2.73. The molecule has 0 saturated carbocycles. The third-order valence-electron chi connectivity index (χ3n) is 4.21. The molecule has 0 bridgehead atoms. The number of hydrogen-bond acceptors (Lipinski definition) is 5. The topological polar surface area (TPSA) is 69.9 Å². The third kappa shape index (κ3) is 2.93. The van der Waals surface area contributed by atoms with Gasteiger partial charge in [-0.15, -0.1) is 11.8 Å². The predicted molar refractivity (Wildman–Crippen MR) is 101 cm³/mol. The Morgan fingerprint density at radius 2 is 1.96 bits per heavy atom. The van der Waals surface area contributed by atoms with Crippen LogP contribution >= 0.6 is 11.8 Å². The first-order chi connectivity index (χ1) is 12.8. The van der Waals surface area contributed by atoms with Gasteiger partial charge in [0, 0.05) is 41.3 Å². The van der Waals surface area contributed by atoms with Gasteiger partial charge in [0.1, 0.15) is 0 Å². The zero-order valence-corrected chi connectivity index (χ0v) is 14.6. The van der Waals surface area contributed by atoms with Gasteiger partial charge in [-0.3, -0.25) is 14.8 Å². The molecular weight excluding hydrogens is 344 g/mol. The molecule has 1 aromatic carbocycles. The van der Waals surface area contributed by atoms with E-state index in [-0.39, 0.29) is 5.91 Å². The van der Waals surface area contributed by atoms with Crippen molar-refractivity contribution in [1.82, 2.24) is 9.97 Å². The summed E-state index contributed by atoms with van der Waals surface area (Å²) in [5.74, 6) is 0.741. The fraction of sp³-hybridized carbons (Fsp3) is 0.100. The Kier molecular flexibility index (Phi) is 4.38. The van der Waals surface area contributed by atoms with Crippen LogP contribution in [0, 0.1) is 11.3 Å². The van der Waals surface area contributed by atoms with E-state index in [0.29, 0.717) is 17.7 Å². The van der Waals surface area contributed by atoms with Crippen LogP contribution in [-0.2, 0) is 0 Å². The van der Waals surface area contributed by atoms with Gasteiger partial charge in [0.2, 0.25) is 0 Å². The summed E-state index contributed by atoms with van der Waals surface area (Å²) in [6.07, 6.45) is 6.79. The van der Waals surface area contributed by atoms with Gasteiger partial charge < -0.3 is 4.90 Å². The molecule has 0 fully saturated rings. The summed E-state index contributed by atoms with van der Waals surface area (Å²) in [4.78, 5) is 24.1. The number of thioether (sulfide) groups is 1. The van der Waals surface area contributed by atoms with Gasteiger partial charge in [-0.05, 0) is 29.8 Å². The van der Waals surface area contributed by atoms with E-state index < -0.39 is 0 Å². The molecule has 0 spiro atoms. The summed E-state index contributed by atoms with van der Waals surface area (Å²) in [5.41, 5.74) is 3.95. The van der Waals surface area contributed by atoms with E-state index in [1.54, 1.807) is 59.5 Å². The molecule has 0 saturated heterocycles. The molecule has 6 heteroatoms. The smallest absolute Gasteiger partial charge is 0.259 e. The highest BCUT2D eigenvalue weighted by atomic mass is 32.2. The zero-order valence-electron chi connectivity index (χ0n) is 13.8. The van der Waals surface area contributed by atoms with E-state index in [1.165, 1.54) is 0 Å². The van der Waals surface area contributed by atoms with Crippen molar-refractivity contribution >= 4 is 23.4 Å². The maximum Gasteiger partial charge on any atom is 0.259 e. The highest BCUT2D eigenvalue weighted by molar-refractivity contribution is 7.99. The van der Waals surface area contributed by atoms with E-state index in [1.807, 2.05) is 18.3 Å². The lowest BCUT2D eigenvalue weighted by Gasteiger charge is -2.30. The number of hydrogen-bond donors (Lipinski definition) is 0. The highest BCUT2D eigenvalue weighted by Crippen LogP contribution is 2.41. The molecule has 1 aliphatic rings. The molecule has 2 aromatic heterocycles. The molecular formula is C20H14N4OS. The molecule has 3 aromatic rings. The Hall–Kier alpha value is -3.17. The van der Waals surface area contributed by atoms with Crippen molar-refractivity contribution in [3.05, 3.63) is 72.3 Å². The minimum Gasteiger partial charge on any atom is -0.305 e. The highest BCUT2D eigenvalue weighted by Gasteiger charge is 2.26. The molecule has 0 atom stereocenters. The van der Waals surface area contributed by atoms with Gasteiger partial charge in [-0.1, -0.05) is 12.1 Å². The maximum atomic E-state index is 12.9. The van der Waals surface area contributed by atoms with Crippen LogP contribution in [-0.4, -0.2) is 28.2 Å². The number of nitrogens with zero attached hydrogens (tertiary/aromatic N) is 4. The van der Waals surface area contributed by atoms with Crippen molar-refractivity contribution in [1.29, 1.82) is 5.26 Å². The van der Waals surface area contributed by atoms with Crippen LogP contribution in [0.25, 0.3) is 11.1 Å². The lowest BCUT2D eigenvalue weighted by Crippen LogP contribution is -2.35. The Balaban J connectivity index is 1.76. The molecule has 0 N–H and O–H groups in total. The molecule has 3 heterocycles. The lowest BCUT2D eigenvalue weighted by molar-refractivity contribution is 0.0987. The zero-order chi connectivity index (χ0) is 17.9. The number of carbonyl (C=O) groups excluding carboxylic acids is 1. The number of rotatable bonds is 2. The molecule has 26 heavy (non-hydrogen) atoms. The molecule has 4 rings (SSSR count). The first kappa shape index (κ1) is 16.3. The number of nitriles is 1. The van der Waals surface area contributed by atoms with Crippen LogP contribution in [0.4, 0.5) is 5.69 Å². The Morgan fingerprint density at radius 1 is 1.12 bits per heavy atom. The molecule has 0 radical (unpaired) electrons. The number of amides is 1. The molecule has 1 aliphatic heterocycles. The van der Waals surface area contributed by atoms with E-state index >= 15 is 0 Å². The quantitative estimate of drug-likeness (QED) is 0.697. The monoisotopic (exact) mass is 358 g/mol. The normalized spacial score (nSPS) is 13.0. The van der Waals surface area contributed by atoms with Crippen molar-refractivity contribution in [2.45, 2.75) is 4.90 Å². The summed E-state index contributed by atoms with van der Waals surface area (Å²) in [7, 11) is 0. The van der Waals surface area contributed by atoms with Gasteiger partial charge in [0.25, 0.3) is 5.91 Å². The third-order valence-corrected chi connectivity index (χ3v) is 5.31. The van der Waals surface area contributed by atoms with Crippen LogP contribution in [0.5, 0.6) is 0 Å². The second-order valence-electron chi connectivity index (χ2n) is 5.77. The SMILES string of the molecule is N#Cc1ccc(-c2cncc3c2SCCN3C(=O)c2cccnc2)cc1. The summed E-state index contributed by atoms with van der Waals surface area (Å²) >= 11 is 1.72. The molecule has 5 nitrogen and oxygen atoms in total. The Bertz CT molecular complexity index is 997. The van der Waals surface area contributed by atoms with Gasteiger partial charge >= 0.3 is 0 Å². The van der Waals surface area contributed by atoms with Crippen LogP contribution in [0.3, 0.4) is 0 Å².